The van der Waals surface area contributed by atoms with Crippen molar-refractivity contribution in [1.29, 1.82) is 0 Å². The van der Waals surface area contributed by atoms with E-state index in [0.29, 0.717) is 11.4 Å². The monoisotopic (exact) mass is 316 g/mol. The highest BCUT2D eigenvalue weighted by Crippen LogP contribution is 2.25. The number of nitrogens with zero attached hydrogens (tertiary/aromatic N) is 4. The third-order valence-corrected chi connectivity index (χ3v) is 3.89. The Morgan fingerprint density at radius 3 is 2.65 bits per heavy atom. The highest BCUT2D eigenvalue weighted by Gasteiger charge is 2.24. The fourth-order valence-corrected chi connectivity index (χ4v) is 2.75. The summed E-state index contributed by atoms with van der Waals surface area (Å²) in [5, 5.41) is 15.2. The third-order valence-electron chi connectivity index (χ3n) is 2.66. The summed E-state index contributed by atoms with van der Waals surface area (Å²) in [5.74, 6) is 0. The van der Waals surface area contributed by atoms with Crippen LogP contribution in [0.15, 0.2) is 4.79 Å². The molecule has 2 rings (SSSR count). The maximum Gasteiger partial charge on any atom is 0.372 e. The van der Waals surface area contributed by atoms with Crippen LogP contribution in [0, 0.1) is 15.5 Å². The Morgan fingerprint density at radius 1 is 1.45 bits per heavy atom. The molecule has 0 unspecified atom stereocenters. The van der Waals surface area contributed by atoms with Gasteiger partial charge in [-0.2, -0.15) is 14.6 Å². The zero-order valence-electron chi connectivity index (χ0n) is 11.2. The van der Waals surface area contributed by atoms with Crippen LogP contribution in [0.3, 0.4) is 0 Å². The number of halogens is 1. The second-order valence-electron chi connectivity index (χ2n) is 5.56. The van der Waals surface area contributed by atoms with Crippen molar-refractivity contribution in [3.63, 3.8) is 0 Å². The predicted molar refractivity (Wildman–Crippen MR) is 76.6 cm³/mol. The van der Waals surface area contributed by atoms with E-state index in [1.807, 2.05) is 0 Å². The second-order valence-corrected chi connectivity index (χ2v) is 6.96. The van der Waals surface area contributed by atoms with Crippen LogP contribution in [-0.2, 0) is 6.42 Å². The van der Waals surface area contributed by atoms with Gasteiger partial charge in [-0.15, -0.1) is 0 Å². The molecule has 2 aromatic rings. The molecular weight excluding hydrogens is 304 g/mol. The van der Waals surface area contributed by atoms with E-state index in [0.717, 1.165) is 10.9 Å². The molecule has 0 fully saturated rings. The van der Waals surface area contributed by atoms with Crippen molar-refractivity contribution in [3.05, 3.63) is 30.6 Å². The van der Waals surface area contributed by atoms with Crippen LogP contribution < -0.4 is 5.56 Å². The molecule has 0 saturated heterocycles. The van der Waals surface area contributed by atoms with Gasteiger partial charge in [0.2, 0.25) is 10.1 Å². The summed E-state index contributed by atoms with van der Waals surface area (Å²) >= 11 is 6.90. The van der Waals surface area contributed by atoms with Gasteiger partial charge in [0.05, 0.1) is 4.92 Å². The highest BCUT2D eigenvalue weighted by atomic mass is 35.5. The zero-order valence-corrected chi connectivity index (χ0v) is 12.8. The van der Waals surface area contributed by atoms with E-state index in [1.165, 1.54) is 11.3 Å². The minimum Gasteiger partial charge on any atom is -0.259 e. The Balaban J connectivity index is 2.47. The number of rotatable bonds is 3. The van der Waals surface area contributed by atoms with Crippen molar-refractivity contribution in [2.24, 2.45) is 5.41 Å². The van der Waals surface area contributed by atoms with Crippen LogP contribution in [-0.4, -0.2) is 19.5 Å². The van der Waals surface area contributed by atoms with Gasteiger partial charge in [-0.1, -0.05) is 43.7 Å². The Hall–Kier alpha value is -1.54. The van der Waals surface area contributed by atoms with Gasteiger partial charge in [0.15, 0.2) is 0 Å². The molecule has 0 aromatic carbocycles. The molecule has 0 radical (unpaired) electrons. The summed E-state index contributed by atoms with van der Waals surface area (Å²) in [4.78, 5) is 26.0. The zero-order chi connectivity index (χ0) is 15.1. The van der Waals surface area contributed by atoms with Crippen molar-refractivity contribution in [3.8, 4) is 0 Å². The number of hydrogen-bond donors (Lipinski definition) is 0. The van der Waals surface area contributed by atoms with E-state index < -0.39 is 21.3 Å². The van der Waals surface area contributed by atoms with E-state index in [1.54, 1.807) is 0 Å². The van der Waals surface area contributed by atoms with E-state index in [2.05, 4.69) is 30.9 Å². The van der Waals surface area contributed by atoms with Crippen LogP contribution in [0.2, 0.25) is 5.15 Å². The van der Waals surface area contributed by atoms with Gasteiger partial charge in [0, 0.05) is 6.42 Å². The van der Waals surface area contributed by atoms with Crippen LogP contribution in [0.4, 0.5) is 5.69 Å². The lowest BCUT2D eigenvalue weighted by Gasteiger charge is -2.16. The smallest absolute Gasteiger partial charge is 0.259 e. The SMILES string of the molecule is CC(C)(C)CCc1nn2c(=O)c([N+](=O)[O-])c(Cl)nc2s1. The van der Waals surface area contributed by atoms with Gasteiger partial charge >= 0.3 is 11.2 Å². The first-order valence-corrected chi connectivity index (χ1v) is 7.11. The minimum atomic E-state index is -0.844. The Labute approximate surface area is 123 Å². The summed E-state index contributed by atoms with van der Waals surface area (Å²) in [6.07, 6.45) is 1.57. The average Bonchev–Trinajstić information content (AvgIpc) is 2.68. The fraction of sp³-hybridized carbons (Fsp3) is 0.545. The molecule has 0 atom stereocenters. The van der Waals surface area contributed by atoms with Crippen molar-refractivity contribution < 1.29 is 4.92 Å². The predicted octanol–water partition coefficient (Wildman–Crippen LogP) is 2.69. The van der Waals surface area contributed by atoms with Crippen molar-refractivity contribution in [2.75, 3.05) is 0 Å². The molecule has 0 amide bonds. The van der Waals surface area contributed by atoms with Crippen molar-refractivity contribution in [1.82, 2.24) is 14.6 Å². The molecule has 0 spiro atoms. The van der Waals surface area contributed by atoms with Crippen molar-refractivity contribution >= 4 is 33.6 Å². The largest absolute Gasteiger partial charge is 0.372 e. The summed E-state index contributed by atoms with van der Waals surface area (Å²) in [6.45, 7) is 6.31. The van der Waals surface area contributed by atoms with Crippen LogP contribution >= 0.6 is 22.9 Å². The molecule has 0 saturated carbocycles. The molecule has 2 heterocycles. The minimum absolute atomic E-state index is 0.139. The first-order chi connectivity index (χ1) is 9.19. The van der Waals surface area contributed by atoms with Gasteiger partial charge in [-0.05, 0) is 11.8 Å². The van der Waals surface area contributed by atoms with Gasteiger partial charge < -0.3 is 0 Å². The van der Waals surface area contributed by atoms with E-state index >= 15 is 0 Å². The lowest BCUT2D eigenvalue weighted by Crippen LogP contribution is -2.19. The molecule has 0 aliphatic heterocycles. The van der Waals surface area contributed by atoms with Gasteiger partial charge in [0.1, 0.15) is 5.01 Å². The van der Waals surface area contributed by atoms with Crippen molar-refractivity contribution in [2.45, 2.75) is 33.6 Å². The van der Waals surface area contributed by atoms with E-state index in [-0.39, 0.29) is 10.4 Å². The Morgan fingerprint density at radius 2 is 2.10 bits per heavy atom. The molecule has 0 N–H and O–H groups in total. The quantitative estimate of drug-likeness (QED) is 0.493. The topological polar surface area (TPSA) is 90.4 Å². The fourth-order valence-electron chi connectivity index (χ4n) is 1.59. The summed E-state index contributed by atoms with van der Waals surface area (Å²) in [5.41, 5.74) is -1.44. The van der Waals surface area contributed by atoms with E-state index in [9.17, 15) is 14.9 Å². The lowest BCUT2D eigenvalue weighted by molar-refractivity contribution is -0.386. The highest BCUT2D eigenvalue weighted by molar-refractivity contribution is 7.16. The third kappa shape index (κ3) is 2.96. The number of hydrogen-bond acceptors (Lipinski definition) is 6. The van der Waals surface area contributed by atoms with Gasteiger partial charge in [-0.25, -0.2) is 0 Å². The number of fused-ring (bicyclic) bond motifs is 1. The molecular formula is C11H13ClN4O3S. The molecule has 0 aliphatic rings. The summed E-state index contributed by atoms with van der Waals surface area (Å²) in [7, 11) is 0. The van der Waals surface area contributed by atoms with Gasteiger partial charge in [0.25, 0.3) is 0 Å². The number of aromatic nitrogens is 3. The molecule has 0 bridgehead atoms. The Kier molecular flexibility index (Phi) is 3.79. The lowest BCUT2D eigenvalue weighted by atomic mass is 9.91. The normalized spacial score (nSPS) is 12.0. The number of nitro groups is 1. The molecule has 108 valence electrons. The van der Waals surface area contributed by atoms with Gasteiger partial charge in [-0.3, -0.25) is 14.9 Å². The standard InChI is InChI=1S/C11H13ClN4O3S/c1-11(2,3)5-4-6-14-15-9(17)7(16(18)19)8(12)13-10(15)20-6/h4-5H2,1-3H3. The number of aryl methyl sites for hydroxylation is 1. The molecule has 20 heavy (non-hydrogen) atoms. The first-order valence-electron chi connectivity index (χ1n) is 5.92. The average molecular weight is 317 g/mol. The Bertz CT molecular complexity index is 732. The van der Waals surface area contributed by atoms with Crippen LogP contribution in [0.1, 0.15) is 32.2 Å². The molecule has 0 aliphatic carbocycles. The molecule has 2 aromatic heterocycles. The molecule has 9 heteroatoms. The first kappa shape index (κ1) is 14.9. The maximum absolute atomic E-state index is 11.9. The molecule has 7 nitrogen and oxygen atoms in total. The summed E-state index contributed by atoms with van der Waals surface area (Å²) in [6, 6.07) is 0. The van der Waals surface area contributed by atoms with E-state index in [4.69, 9.17) is 11.6 Å². The van der Waals surface area contributed by atoms with Crippen LogP contribution in [0.5, 0.6) is 0 Å². The maximum atomic E-state index is 11.9. The van der Waals surface area contributed by atoms with Crippen LogP contribution in [0.25, 0.3) is 4.96 Å². The second kappa shape index (κ2) is 5.10. The summed E-state index contributed by atoms with van der Waals surface area (Å²) < 4.78 is 0.951.